The highest BCUT2D eigenvalue weighted by Gasteiger charge is 2.29. The third kappa shape index (κ3) is 3.45. The summed E-state index contributed by atoms with van der Waals surface area (Å²) in [5.74, 6) is 0.346. The van der Waals surface area contributed by atoms with Crippen LogP contribution in [0.2, 0.25) is 0 Å². The molecule has 2 aromatic carbocycles. The number of benzene rings is 2. The molecule has 1 aromatic heterocycles. The van der Waals surface area contributed by atoms with E-state index in [-0.39, 0.29) is 24.3 Å². The van der Waals surface area contributed by atoms with E-state index in [1.54, 1.807) is 6.07 Å². The second-order valence-electron chi connectivity index (χ2n) is 7.50. The quantitative estimate of drug-likeness (QED) is 0.718. The number of nitrogens with zero attached hydrogens (tertiary/aromatic N) is 1. The van der Waals surface area contributed by atoms with Crippen molar-refractivity contribution in [1.82, 2.24) is 9.88 Å². The second-order valence-corrected chi connectivity index (χ2v) is 7.50. The molecule has 0 saturated carbocycles. The average molecular weight is 361 g/mol. The predicted molar refractivity (Wildman–Crippen MR) is 107 cm³/mol. The summed E-state index contributed by atoms with van der Waals surface area (Å²) in [5, 5.41) is 6.95. The number of hydrogen-bond donors (Lipinski definition) is 2. The Morgan fingerprint density at radius 3 is 2.81 bits per heavy atom. The van der Waals surface area contributed by atoms with Gasteiger partial charge in [-0.15, -0.1) is 0 Å². The molecular formula is C22H23N3O2. The summed E-state index contributed by atoms with van der Waals surface area (Å²) >= 11 is 0. The van der Waals surface area contributed by atoms with E-state index < -0.39 is 0 Å². The van der Waals surface area contributed by atoms with Crippen LogP contribution in [-0.4, -0.2) is 16.4 Å². The van der Waals surface area contributed by atoms with Gasteiger partial charge in [0, 0.05) is 34.9 Å². The molecule has 0 spiro atoms. The zero-order chi connectivity index (χ0) is 19.0. The van der Waals surface area contributed by atoms with Crippen molar-refractivity contribution < 1.29 is 9.59 Å². The molecule has 138 valence electrons. The first-order valence-electron chi connectivity index (χ1n) is 9.30. The number of rotatable bonds is 5. The maximum absolute atomic E-state index is 12.5. The van der Waals surface area contributed by atoms with Crippen molar-refractivity contribution in [2.24, 2.45) is 5.92 Å². The zero-order valence-electron chi connectivity index (χ0n) is 15.5. The van der Waals surface area contributed by atoms with Gasteiger partial charge in [-0.05, 0) is 41.8 Å². The Balaban J connectivity index is 1.46. The second kappa shape index (κ2) is 6.91. The van der Waals surface area contributed by atoms with Gasteiger partial charge in [-0.1, -0.05) is 32.0 Å². The fourth-order valence-corrected chi connectivity index (χ4v) is 3.71. The lowest BCUT2D eigenvalue weighted by Crippen LogP contribution is -2.24. The molecular weight excluding hydrogens is 338 g/mol. The Kier molecular flexibility index (Phi) is 4.44. The summed E-state index contributed by atoms with van der Waals surface area (Å²) in [6.07, 6.45) is 2.30. The van der Waals surface area contributed by atoms with Crippen LogP contribution in [0, 0.1) is 5.92 Å². The lowest BCUT2D eigenvalue weighted by Gasteiger charge is -2.12. The first-order valence-corrected chi connectivity index (χ1v) is 9.30. The third-order valence-electron chi connectivity index (χ3n) is 4.89. The van der Waals surface area contributed by atoms with Crippen molar-refractivity contribution in [3.8, 4) is 0 Å². The van der Waals surface area contributed by atoms with Crippen LogP contribution >= 0.6 is 0 Å². The van der Waals surface area contributed by atoms with Crippen molar-refractivity contribution in [2.75, 3.05) is 5.32 Å². The first-order chi connectivity index (χ1) is 13.0. The number of fused-ring (bicyclic) bond motifs is 2. The largest absolute Gasteiger partial charge is 0.347 e. The Bertz CT molecular complexity index is 1020. The molecule has 0 aliphatic carbocycles. The highest BCUT2D eigenvalue weighted by Crippen LogP contribution is 2.28. The molecule has 2 N–H and O–H groups in total. The first kappa shape index (κ1) is 17.3. The highest BCUT2D eigenvalue weighted by atomic mass is 16.2. The molecule has 0 fully saturated rings. The van der Waals surface area contributed by atoms with Crippen LogP contribution in [0.5, 0.6) is 0 Å². The number of aromatic nitrogens is 1. The van der Waals surface area contributed by atoms with E-state index in [2.05, 4.69) is 41.3 Å². The molecule has 0 radical (unpaired) electrons. The molecule has 1 unspecified atom stereocenters. The Morgan fingerprint density at radius 2 is 2.00 bits per heavy atom. The summed E-state index contributed by atoms with van der Waals surface area (Å²) in [7, 11) is 0. The monoisotopic (exact) mass is 361 g/mol. The van der Waals surface area contributed by atoms with E-state index in [9.17, 15) is 9.59 Å². The average Bonchev–Trinajstić information content (AvgIpc) is 3.16. The van der Waals surface area contributed by atoms with E-state index in [0.29, 0.717) is 11.5 Å². The summed E-state index contributed by atoms with van der Waals surface area (Å²) in [4.78, 5) is 24.5. The number of hydrogen-bond acceptors (Lipinski definition) is 2. The van der Waals surface area contributed by atoms with E-state index in [1.165, 1.54) is 5.52 Å². The molecule has 0 bridgehead atoms. The Hall–Kier alpha value is -3.08. The van der Waals surface area contributed by atoms with Gasteiger partial charge >= 0.3 is 0 Å². The van der Waals surface area contributed by atoms with Crippen LogP contribution in [0.25, 0.3) is 10.9 Å². The van der Waals surface area contributed by atoms with E-state index in [0.717, 1.165) is 23.2 Å². The SMILES string of the molecule is CC(C)Cn1ccc2cc(NC(=O)CC3NC(=O)c4ccccc43)ccc21. The van der Waals surface area contributed by atoms with Crippen LogP contribution in [-0.2, 0) is 11.3 Å². The lowest BCUT2D eigenvalue weighted by atomic mass is 10.0. The Morgan fingerprint density at radius 1 is 1.19 bits per heavy atom. The summed E-state index contributed by atoms with van der Waals surface area (Å²) < 4.78 is 2.23. The normalized spacial score (nSPS) is 15.8. The van der Waals surface area contributed by atoms with Gasteiger partial charge in [0.05, 0.1) is 12.5 Å². The van der Waals surface area contributed by atoms with Crippen molar-refractivity contribution >= 4 is 28.4 Å². The van der Waals surface area contributed by atoms with Gasteiger partial charge in [0.1, 0.15) is 0 Å². The number of carbonyl (C=O) groups excluding carboxylic acids is 2. The molecule has 2 heterocycles. The molecule has 27 heavy (non-hydrogen) atoms. The van der Waals surface area contributed by atoms with E-state index >= 15 is 0 Å². The van der Waals surface area contributed by atoms with Crippen LogP contribution < -0.4 is 10.6 Å². The van der Waals surface area contributed by atoms with Gasteiger partial charge in [0.25, 0.3) is 5.91 Å². The molecule has 1 aliphatic heterocycles. The standard InChI is InChI=1S/C22H23N3O2/c1-14(2)13-25-10-9-15-11-16(7-8-20(15)25)23-21(26)12-19-17-5-3-4-6-18(17)22(27)24-19/h3-11,14,19H,12-13H2,1-2H3,(H,23,26)(H,24,27). The van der Waals surface area contributed by atoms with Crippen LogP contribution in [0.3, 0.4) is 0 Å². The number of amides is 2. The maximum Gasteiger partial charge on any atom is 0.252 e. The maximum atomic E-state index is 12.5. The molecule has 0 saturated heterocycles. The van der Waals surface area contributed by atoms with Gasteiger partial charge in [-0.25, -0.2) is 0 Å². The van der Waals surface area contributed by atoms with E-state index in [4.69, 9.17) is 0 Å². The van der Waals surface area contributed by atoms with Crippen molar-refractivity contribution in [3.05, 3.63) is 65.9 Å². The molecule has 5 nitrogen and oxygen atoms in total. The summed E-state index contributed by atoms with van der Waals surface area (Å²) in [5.41, 5.74) is 3.48. The fourth-order valence-electron chi connectivity index (χ4n) is 3.71. The van der Waals surface area contributed by atoms with Crippen molar-refractivity contribution in [3.63, 3.8) is 0 Å². The molecule has 5 heteroatoms. The minimum Gasteiger partial charge on any atom is -0.347 e. The molecule has 2 amide bonds. The molecule has 3 aromatic rings. The number of nitrogens with one attached hydrogen (secondary N) is 2. The van der Waals surface area contributed by atoms with Gasteiger partial charge in [-0.2, -0.15) is 0 Å². The zero-order valence-corrected chi connectivity index (χ0v) is 15.5. The summed E-state index contributed by atoms with van der Waals surface area (Å²) in [6, 6.07) is 15.2. The number of anilines is 1. The topological polar surface area (TPSA) is 63.1 Å². The fraction of sp³-hybridized carbons (Fsp3) is 0.273. The number of carbonyl (C=O) groups is 2. The highest BCUT2D eigenvalue weighted by molar-refractivity contribution is 6.01. The van der Waals surface area contributed by atoms with E-state index in [1.807, 2.05) is 36.4 Å². The Labute approximate surface area is 158 Å². The summed E-state index contributed by atoms with van der Waals surface area (Å²) in [6.45, 7) is 5.36. The third-order valence-corrected chi connectivity index (χ3v) is 4.89. The molecule has 1 aliphatic rings. The van der Waals surface area contributed by atoms with Crippen molar-refractivity contribution in [2.45, 2.75) is 32.9 Å². The molecule has 1 atom stereocenters. The molecule has 4 rings (SSSR count). The van der Waals surface area contributed by atoms with Crippen LogP contribution in [0.1, 0.15) is 42.2 Å². The minimum atomic E-state index is -0.274. The van der Waals surface area contributed by atoms with Gasteiger partial charge in [-0.3, -0.25) is 9.59 Å². The predicted octanol–water partition coefficient (Wildman–Crippen LogP) is 4.11. The van der Waals surface area contributed by atoms with Gasteiger partial charge in [0.2, 0.25) is 5.91 Å². The van der Waals surface area contributed by atoms with Gasteiger partial charge in [0.15, 0.2) is 0 Å². The van der Waals surface area contributed by atoms with Crippen LogP contribution in [0.15, 0.2) is 54.7 Å². The van der Waals surface area contributed by atoms with Crippen LogP contribution in [0.4, 0.5) is 5.69 Å². The lowest BCUT2D eigenvalue weighted by molar-refractivity contribution is -0.116. The van der Waals surface area contributed by atoms with Crippen molar-refractivity contribution in [1.29, 1.82) is 0 Å². The minimum absolute atomic E-state index is 0.113. The van der Waals surface area contributed by atoms with Gasteiger partial charge < -0.3 is 15.2 Å². The smallest absolute Gasteiger partial charge is 0.252 e.